The fourth-order valence-corrected chi connectivity index (χ4v) is 4.00. The van der Waals surface area contributed by atoms with E-state index >= 15 is 0 Å². The van der Waals surface area contributed by atoms with Gasteiger partial charge in [0.2, 0.25) is 15.9 Å². The fourth-order valence-electron chi connectivity index (χ4n) is 2.83. The maximum absolute atomic E-state index is 12.6. The highest BCUT2D eigenvalue weighted by Gasteiger charge is 2.28. The van der Waals surface area contributed by atoms with Crippen molar-refractivity contribution >= 4 is 21.6 Å². The normalized spacial score (nSPS) is 12.0. The van der Waals surface area contributed by atoms with Gasteiger partial charge < -0.3 is 19.5 Å². The van der Waals surface area contributed by atoms with E-state index in [4.69, 9.17) is 14.2 Å². The molecule has 164 valence electrons. The standard InChI is InChI=1S/C21H28N2O6S/c1-5-28-19-8-6-17(7-9-19)23(30(4,25)26)16(2)21(24)22-14-15-29-20-12-10-18(27-3)11-13-20/h6-13,16H,5,14-15H2,1-4H3,(H,22,24)/t16-/m0/s1. The Kier molecular flexibility index (Phi) is 8.35. The van der Waals surface area contributed by atoms with E-state index in [-0.39, 0.29) is 13.2 Å². The van der Waals surface area contributed by atoms with Crippen molar-refractivity contribution in [3.63, 3.8) is 0 Å². The first-order chi connectivity index (χ1) is 14.3. The molecule has 9 heteroatoms. The lowest BCUT2D eigenvalue weighted by Gasteiger charge is -2.28. The Morgan fingerprint density at radius 3 is 2.07 bits per heavy atom. The molecule has 0 aliphatic carbocycles. The van der Waals surface area contributed by atoms with Crippen LogP contribution in [-0.4, -0.2) is 53.5 Å². The molecular weight excluding hydrogens is 408 g/mol. The second-order valence-corrected chi connectivity index (χ2v) is 8.34. The van der Waals surface area contributed by atoms with Gasteiger partial charge in [-0.2, -0.15) is 0 Å². The lowest BCUT2D eigenvalue weighted by Crippen LogP contribution is -2.48. The number of rotatable bonds is 11. The van der Waals surface area contributed by atoms with Gasteiger partial charge in [0.15, 0.2) is 0 Å². The van der Waals surface area contributed by atoms with Crippen molar-refractivity contribution in [2.45, 2.75) is 19.9 Å². The third-order valence-corrected chi connectivity index (χ3v) is 5.46. The summed E-state index contributed by atoms with van der Waals surface area (Å²) in [5.41, 5.74) is 0.387. The third kappa shape index (κ3) is 6.55. The predicted molar refractivity (Wildman–Crippen MR) is 116 cm³/mol. The highest BCUT2D eigenvalue weighted by atomic mass is 32.2. The summed E-state index contributed by atoms with van der Waals surface area (Å²) in [5, 5.41) is 2.71. The first-order valence-corrected chi connectivity index (χ1v) is 11.4. The number of ether oxygens (including phenoxy) is 3. The summed E-state index contributed by atoms with van der Waals surface area (Å²) in [6.45, 7) is 4.38. The van der Waals surface area contributed by atoms with Crippen LogP contribution in [0.2, 0.25) is 0 Å². The van der Waals surface area contributed by atoms with Crippen molar-refractivity contribution in [3.05, 3.63) is 48.5 Å². The molecule has 0 aliphatic heterocycles. The van der Waals surface area contributed by atoms with Gasteiger partial charge in [0.1, 0.15) is 29.9 Å². The largest absolute Gasteiger partial charge is 0.497 e. The number of amides is 1. The van der Waals surface area contributed by atoms with E-state index in [2.05, 4.69) is 5.32 Å². The van der Waals surface area contributed by atoms with Crippen LogP contribution >= 0.6 is 0 Å². The molecule has 0 unspecified atom stereocenters. The molecule has 0 fully saturated rings. The minimum atomic E-state index is -3.68. The maximum Gasteiger partial charge on any atom is 0.243 e. The van der Waals surface area contributed by atoms with Crippen LogP contribution < -0.4 is 23.8 Å². The number of nitrogens with one attached hydrogen (secondary N) is 1. The van der Waals surface area contributed by atoms with Crippen LogP contribution in [0.3, 0.4) is 0 Å². The number of hydrogen-bond acceptors (Lipinski definition) is 6. The monoisotopic (exact) mass is 436 g/mol. The van der Waals surface area contributed by atoms with Gasteiger partial charge in [-0.3, -0.25) is 9.10 Å². The van der Waals surface area contributed by atoms with Crippen molar-refractivity contribution in [1.29, 1.82) is 0 Å². The van der Waals surface area contributed by atoms with Gasteiger partial charge >= 0.3 is 0 Å². The summed E-state index contributed by atoms with van der Waals surface area (Å²) in [6, 6.07) is 12.7. The Morgan fingerprint density at radius 2 is 1.53 bits per heavy atom. The van der Waals surface area contributed by atoms with Crippen molar-refractivity contribution in [1.82, 2.24) is 5.32 Å². The third-order valence-electron chi connectivity index (χ3n) is 4.22. The van der Waals surface area contributed by atoms with Gasteiger partial charge in [0.05, 0.1) is 32.2 Å². The number of benzene rings is 2. The molecule has 1 atom stereocenters. The Balaban J connectivity index is 1.96. The number of hydrogen-bond donors (Lipinski definition) is 1. The SMILES string of the molecule is CCOc1ccc(N([C@@H](C)C(=O)NCCOc2ccc(OC)cc2)S(C)(=O)=O)cc1. The molecule has 1 N–H and O–H groups in total. The molecule has 30 heavy (non-hydrogen) atoms. The van der Waals surface area contributed by atoms with E-state index in [1.165, 1.54) is 6.92 Å². The summed E-state index contributed by atoms with van der Waals surface area (Å²) in [6.07, 6.45) is 1.07. The topological polar surface area (TPSA) is 94.2 Å². The minimum Gasteiger partial charge on any atom is -0.497 e. The van der Waals surface area contributed by atoms with Gasteiger partial charge in [-0.05, 0) is 62.4 Å². The first kappa shape index (κ1) is 23.3. The molecular formula is C21H28N2O6S. The van der Waals surface area contributed by atoms with E-state index in [0.717, 1.165) is 16.3 Å². The van der Waals surface area contributed by atoms with E-state index in [9.17, 15) is 13.2 Å². The zero-order valence-electron chi connectivity index (χ0n) is 17.6. The summed E-state index contributed by atoms with van der Waals surface area (Å²) < 4.78 is 41.8. The molecule has 0 heterocycles. The predicted octanol–water partition coefficient (Wildman–Crippen LogP) is 2.44. The van der Waals surface area contributed by atoms with Gasteiger partial charge in [-0.1, -0.05) is 0 Å². The molecule has 0 aromatic heterocycles. The van der Waals surface area contributed by atoms with Crippen LogP contribution in [0.25, 0.3) is 0 Å². The number of carbonyl (C=O) groups is 1. The summed E-state index contributed by atoms with van der Waals surface area (Å²) in [5.74, 6) is 1.57. The van der Waals surface area contributed by atoms with Crippen molar-refractivity contribution < 1.29 is 27.4 Å². The minimum absolute atomic E-state index is 0.232. The molecule has 0 radical (unpaired) electrons. The molecule has 0 aliphatic rings. The van der Waals surface area contributed by atoms with Crippen LogP contribution in [0, 0.1) is 0 Å². The molecule has 2 rings (SSSR count). The van der Waals surface area contributed by atoms with Crippen LogP contribution in [0.4, 0.5) is 5.69 Å². The zero-order chi connectivity index (χ0) is 22.1. The molecule has 0 saturated carbocycles. The fraction of sp³-hybridized carbons (Fsp3) is 0.381. The lowest BCUT2D eigenvalue weighted by atomic mass is 10.2. The summed E-state index contributed by atoms with van der Waals surface area (Å²) >= 11 is 0. The quantitative estimate of drug-likeness (QED) is 0.544. The van der Waals surface area contributed by atoms with Gasteiger partial charge in [0, 0.05) is 0 Å². The Hall–Kier alpha value is -2.94. The molecule has 1 amide bonds. The van der Waals surface area contributed by atoms with E-state index in [0.29, 0.717) is 23.8 Å². The van der Waals surface area contributed by atoms with Crippen LogP contribution in [-0.2, 0) is 14.8 Å². The average molecular weight is 437 g/mol. The molecule has 0 bridgehead atoms. The summed E-state index contributed by atoms with van der Waals surface area (Å²) in [7, 11) is -2.10. The number of nitrogens with zero attached hydrogens (tertiary/aromatic N) is 1. The van der Waals surface area contributed by atoms with Crippen LogP contribution in [0.1, 0.15) is 13.8 Å². The lowest BCUT2D eigenvalue weighted by molar-refractivity contribution is -0.121. The molecule has 0 spiro atoms. The highest BCUT2D eigenvalue weighted by molar-refractivity contribution is 7.92. The van der Waals surface area contributed by atoms with Crippen LogP contribution in [0.5, 0.6) is 17.2 Å². The second-order valence-electron chi connectivity index (χ2n) is 6.48. The number of anilines is 1. The maximum atomic E-state index is 12.6. The zero-order valence-corrected chi connectivity index (χ0v) is 18.4. The van der Waals surface area contributed by atoms with Crippen molar-refractivity contribution in [3.8, 4) is 17.2 Å². The van der Waals surface area contributed by atoms with E-state index < -0.39 is 22.0 Å². The van der Waals surface area contributed by atoms with Crippen molar-refractivity contribution in [2.75, 3.05) is 37.4 Å². The highest BCUT2D eigenvalue weighted by Crippen LogP contribution is 2.24. The second kappa shape index (κ2) is 10.7. The van der Waals surface area contributed by atoms with Gasteiger partial charge in [-0.15, -0.1) is 0 Å². The Morgan fingerprint density at radius 1 is 1.00 bits per heavy atom. The van der Waals surface area contributed by atoms with E-state index in [1.807, 2.05) is 6.92 Å². The number of sulfonamides is 1. The average Bonchev–Trinajstić information content (AvgIpc) is 2.72. The van der Waals surface area contributed by atoms with Gasteiger partial charge in [0.25, 0.3) is 0 Å². The van der Waals surface area contributed by atoms with Crippen LogP contribution in [0.15, 0.2) is 48.5 Å². The Bertz CT molecular complexity index is 914. The first-order valence-electron chi connectivity index (χ1n) is 9.53. The molecule has 0 saturated heterocycles. The Labute approximate surface area is 177 Å². The smallest absolute Gasteiger partial charge is 0.243 e. The molecule has 2 aromatic rings. The molecule has 2 aromatic carbocycles. The van der Waals surface area contributed by atoms with Crippen molar-refractivity contribution in [2.24, 2.45) is 0 Å². The van der Waals surface area contributed by atoms with E-state index in [1.54, 1.807) is 55.6 Å². The summed E-state index contributed by atoms with van der Waals surface area (Å²) in [4.78, 5) is 12.6. The number of carbonyl (C=O) groups excluding carboxylic acids is 1. The number of methoxy groups -OCH3 is 1. The molecule has 8 nitrogen and oxygen atoms in total. The van der Waals surface area contributed by atoms with Gasteiger partial charge in [-0.25, -0.2) is 8.42 Å².